The summed E-state index contributed by atoms with van der Waals surface area (Å²) in [6, 6.07) is 11.4. The van der Waals surface area contributed by atoms with Gasteiger partial charge in [-0.15, -0.1) is 11.3 Å². The quantitative estimate of drug-likeness (QED) is 0.588. The minimum absolute atomic E-state index is 0.411. The molecule has 0 saturated heterocycles. The van der Waals surface area contributed by atoms with Crippen LogP contribution < -0.4 is 14.8 Å². The molecule has 0 unspecified atom stereocenters. The number of nitrogens with zero attached hydrogens (tertiary/aromatic N) is 4. The molecule has 0 fully saturated rings. The zero-order valence-electron chi connectivity index (χ0n) is 14.0. The molecule has 4 rings (SSSR count). The molecule has 1 N–H and O–H groups in total. The number of rotatable bonds is 4. The molecule has 7 nitrogen and oxygen atoms in total. The van der Waals surface area contributed by atoms with Crippen LogP contribution in [0.25, 0.3) is 21.1 Å². The van der Waals surface area contributed by atoms with E-state index in [2.05, 4.69) is 26.3 Å². The van der Waals surface area contributed by atoms with Gasteiger partial charge in [-0.1, -0.05) is 0 Å². The van der Waals surface area contributed by atoms with E-state index in [9.17, 15) is 0 Å². The van der Waals surface area contributed by atoms with Crippen molar-refractivity contribution < 1.29 is 9.47 Å². The van der Waals surface area contributed by atoms with Gasteiger partial charge in [-0.05, 0) is 24.3 Å². The van der Waals surface area contributed by atoms with E-state index in [0.29, 0.717) is 22.3 Å². The van der Waals surface area contributed by atoms with Gasteiger partial charge in [0.1, 0.15) is 18.2 Å². The van der Waals surface area contributed by atoms with Crippen LogP contribution in [0, 0.1) is 11.3 Å². The highest BCUT2D eigenvalue weighted by Gasteiger charge is 2.13. The van der Waals surface area contributed by atoms with Gasteiger partial charge in [-0.2, -0.15) is 5.26 Å². The van der Waals surface area contributed by atoms with Crippen molar-refractivity contribution in [3.63, 3.8) is 0 Å². The van der Waals surface area contributed by atoms with E-state index in [-0.39, 0.29) is 0 Å². The van der Waals surface area contributed by atoms with Crippen LogP contribution in [0.1, 0.15) is 5.01 Å². The van der Waals surface area contributed by atoms with Crippen molar-refractivity contribution in [2.45, 2.75) is 0 Å². The molecule has 0 radical (unpaired) electrons. The molecule has 26 heavy (non-hydrogen) atoms. The van der Waals surface area contributed by atoms with Crippen LogP contribution in [0.4, 0.5) is 11.5 Å². The van der Waals surface area contributed by atoms with Crippen molar-refractivity contribution in [2.75, 3.05) is 19.5 Å². The van der Waals surface area contributed by atoms with E-state index in [0.717, 1.165) is 26.8 Å². The Bertz CT molecular complexity index is 1170. The molecular formula is C18H13N5O2S. The van der Waals surface area contributed by atoms with Crippen molar-refractivity contribution in [1.82, 2.24) is 15.0 Å². The zero-order chi connectivity index (χ0) is 18.1. The minimum atomic E-state index is 0.411. The van der Waals surface area contributed by atoms with Crippen LogP contribution in [0.3, 0.4) is 0 Å². The van der Waals surface area contributed by atoms with Crippen molar-refractivity contribution in [3.05, 3.63) is 41.7 Å². The van der Waals surface area contributed by atoms with Gasteiger partial charge in [0.25, 0.3) is 0 Å². The van der Waals surface area contributed by atoms with Gasteiger partial charge in [0, 0.05) is 11.8 Å². The maximum absolute atomic E-state index is 9.15. The van der Waals surface area contributed by atoms with E-state index >= 15 is 0 Å². The number of hydrogen-bond donors (Lipinski definition) is 1. The lowest BCUT2D eigenvalue weighted by Gasteiger charge is -2.12. The average Bonchev–Trinajstić information content (AvgIpc) is 3.11. The van der Waals surface area contributed by atoms with Crippen molar-refractivity contribution in [2.24, 2.45) is 0 Å². The van der Waals surface area contributed by atoms with Gasteiger partial charge >= 0.3 is 0 Å². The van der Waals surface area contributed by atoms with Crippen LogP contribution in [-0.2, 0) is 0 Å². The van der Waals surface area contributed by atoms with E-state index in [1.807, 2.05) is 30.3 Å². The standard InChI is InChI=1S/C18H13N5O2S/c1-24-13-6-3-10(7-14(13)25-2)22-18-16-11(20-9-21-18)4-5-12-17(16)26-15(8-19)23-12/h3-7,9H,1-2H3,(H,20,21,22). The molecule has 0 aliphatic rings. The molecule has 8 heteroatoms. The summed E-state index contributed by atoms with van der Waals surface area (Å²) in [7, 11) is 3.18. The Labute approximate surface area is 152 Å². The molecule has 0 atom stereocenters. The number of benzene rings is 2. The number of anilines is 2. The largest absolute Gasteiger partial charge is 0.493 e. The highest BCUT2D eigenvalue weighted by Crippen LogP contribution is 2.36. The highest BCUT2D eigenvalue weighted by atomic mass is 32.1. The summed E-state index contributed by atoms with van der Waals surface area (Å²) in [6.45, 7) is 0. The van der Waals surface area contributed by atoms with Gasteiger partial charge in [-0.25, -0.2) is 15.0 Å². The van der Waals surface area contributed by atoms with Crippen molar-refractivity contribution in [1.29, 1.82) is 5.26 Å². The first kappa shape index (κ1) is 16.1. The first-order valence-corrected chi connectivity index (χ1v) is 8.48. The summed E-state index contributed by atoms with van der Waals surface area (Å²) in [6.07, 6.45) is 1.50. The van der Waals surface area contributed by atoms with Gasteiger partial charge in [-0.3, -0.25) is 0 Å². The lowest BCUT2D eigenvalue weighted by atomic mass is 10.2. The normalized spacial score (nSPS) is 10.7. The molecule has 0 bridgehead atoms. The summed E-state index contributed by atoms with van der Waals surface area (Å²) in [5.74, 6) is 1.90. The summed E-state index contributed by atoms with van der Waals surface area (Å²) < 4.78 is 11.5. The average molecular weight is 363 g/mol. The second-order valence-electron chi connectivity index (χ2n) is 5.36. The third-order valence-corrected chi connectivity index (χ3v) is 4.89. The topological polar surface area (TPSA) is 93.0 Å². The van der Waals surface area contributed by atoms with E-state index in [1.54, 1.807) is 14.2 Å². The summed E-state index contributed by atoms with van der Waals surface area (Å²) in [5.41, 5.74) is 2.33. The maximum Gasteiger partial charge on any atom is 0.195 e. The highest BCUT2D eigenvalue weighted by molar-refractivity contribution is 7.20. The fraction of sp³-hybridized carbons (Fsp3) is 0.111. The van der Waals surface area contributed by atoms with Gasteiger partial charge in [0.05, 0.1) is 35.3 Å². The van der Waals surface area contributed by atoms with Crippen LogP contribution in [0.15, 0.2) is 36.7 Å². The Balaban J connectivity index is 1.86. The number of nitrogens with one attached hydrogen (secondary N) is 1. The summed E-state index contributed by atoms with van der Waals surface area (Å²) in [5, 5.41) is 13.7. The fourth-order valence-electron chi connectivity index (χ4n) is 2.72. The monoisotopic (exact) mass is 363 g/mol. The second kappa shape index (κ2) is 6.46. The Hall–Kier alpha value is -3.44. The third kappa shape index (κ3) is 2.64. The molecule has 0 amide bonds. The molecule has 2 heterocycles. The Kier molecular flexibility index (Phi) is 3.99. The molecule has 0 saturated carbocycles. The zero-order valence-corrected chi connectivity index (χ0v) is 14.8. The lowest BCUT2D eigenvalue weighted by molar-refractivity contribution is 0.355. The molecular weight excluding hydrogens is 350 g/mol. The van der Waals surface area contributed by atoms with Crippen LogP contribution in [0.5, 0.6) is 11.5 Å². The first-order valence-electron chi connectivity index (χ1n) is 7.67. The minimum Gasteiger partial charge on any atom is -0.493 e. The van der Waals surface area contributed by atoms with Gasteiger partial charge < -0.3 is 14.8 Å². The Morgan fingerprint density at radius 2 is 1.85 bits per heavy atom. The Morgan fingerprint density at radius 1 is 1.04 bits per heavy atom. The van der Waals surface area contributed by atoms with Crippen LogP contribution >= 0.6 is 11.3 Å². The molecule has 128 valence electrons. The third-order valence-electron chi connectivity index (χ3n) is 3.90. The number of thiazole rings is 1. The number of aromatic nitrogens is 3. The maximum atomic E-state index is 9.15. The molecule has 0 spiro atoms. The summed E-state index contributed by atoms with van der Waals surface area (Å²) >= 11 is 1.33. The number of hydrogen-bond acceptors (Lipinski definition) is 8. The lowest BCUT2D eigenvalue weighted by Crippen LogP contribution is -1.97. The van der Waals surface area contributed by atoms with Crippen LogP contribution in [-0.4, -0.2) is 29.2 Å². The number of fused-ring (bicyclic) bond motifs is 3. The number of ether oxygens (including phenoxy) is 2. The Morgan fingerprint density at radius 3 is 2.62 bits per heavy atom. The fourth-order valence-corrected chi connectivity index (χ4v) is 3.63. The summed E-state index contributed by atoms with van der Waals surface area (Å²) in [4.78, 5) is 13.0. The van der Waals surface area contributed by atoms with E-state index in [1.165, 1.54) is 17.7 Å². The predicted molar refractivity (Wildman–Crippen MR) is 100 cm³/mol. The second-order valence-corrected chi connectivity index (χ2v) is 6.35. The van der Waals surface area contributed by atoms with Crippen LogP contribution in [0.2, 0.25) is 0 Å². The van der Waals surface area contributed by atoms with Gasteiger partial charge in [0.2, 0.25) is 0 Å². The molecule has 0 aliphatic carbocycles. The SMILES string of the molecule is COc1ccc(Nc2ncnc3ccc4nc(C#N)sc4c23)cc1OC. The van der Waals surface area contributed by atoms with Gasteiger partial charge in [0.15, 0.2) is 16.5 Å². The molecule has 0 aliphatic heterocycles. The van der Waals surface area contributed by atoms with E-state index in [4.69, 9.17) is 14.7 Å². The smallest absolute Gasteiger partial charge is 0.195 e. The number of nitriles is 1. The molecule has 4 aromatic rings. The van der Waals surface area contributed by atoms with E-state index < -0.39 is 0 Å². The predicted octanol–water partition coefficient (Wildman–Crippen LogP) is 3.87. The molecule has 2 aromatic heterocycles. The number of methoxy groups -OCH3 is 2. The first-order chi connectivity index (χ1) is 12.7. The molecule has 2 aromatic carbocycles. The van der Waals surface area contributed by atoms with Crippen molar-refractivity contribution in [3.8, 4) is 17.6 Å². The van der Waals surface area contributed by atoms with Crippen molar-refractivity contribution >= 4 is 44.0 Å².